The number of nitrogens with one attached hydrogen (secondary N) is 1. The first kappa shape index (κ1) is 18.5. The molecule has 2 unspecified atom stereocenters. The van der Waals surface area contributed by atoms with E-state index >= 15 is 0 Å². The SMILES string of the molecule is Cc1cccc(N2CCN(C(=O)C3CC3C(=O)NCc3ccccc3)CC2)c1. The fourth-order valence-corrected chi connectivity index (χ4v) is 3.92. The molecule has 2 fully saturated rings. The van der Waals surface area contributed by atoms with Gasteiger partial charge in [-0.3, -0.25) is 9.59 Å². The summed E-state index contributed by atoms with van der Waals surface area (Å²) in [5, 5.41) is 2.96. The standard InChI is InChI=1S/C23H27N3O2/c1-17-6-5-9-19(14-17)25-10-12-26(13-11-25)23(28)21-15-20(21)22(27)24-16-18-7-3-2-4-8-18/h2-9,14,20-21H,10-13,15-16H2,1H3,(H,24,27). The second-order valence-corrected chi connectivity index (χ2v) is 7.80. The Morgan fingerprint density at radius 2 is 1.71 bits per heavy atom. The summed E-state index contributed by atoms with van der Waals surface area (Å²) in [5.41, 5.74) is 3.54. The van der Waals surface area contributed by atoms with E-state index in [2.05, 4.69) is 41.4 Å². The molecule has 1 heterocycles. The Labute approximate surface area is 166 Å². The minimum absolute atomic E-state index is 0.000555. The van der Waals surface area contributed by atoms with Gasteiger partial charge in [0.1, 0.15) is 0 Å². The van der Waals surface area contributed by atoms with Gasteiger partial charge in [0.25, 0.3) is 0 Å². The van der Waals surface area contributed by atoms with Gasteiger partial charge in [0, 0.05) is 38.4 Å². The highest BCUT2D eigenvalue weighted by Crippen LogP contribution is 2.40. The van der Waals surface area contributed by atoms with Crippen LogP contribution in [0.5, 0.6) is 0 Å². The van der Waals surface area contributed by atoms with Crippen molar-refractivity contribution in [3.63, 3.8) is 0 Å². The molecule has 1 aliphatic heterocycles. The molecule has 2 aromatic carbocycles. The van der Waals surface area contributed by atoms with Crippen molar-refractivity contribution in [2.45, 2.75) is 19.9 Å². The van der Waals surface area contributed by atoms with Crippen molar-refractivity contribution in [3.05, 3.63) is 65.7 Å². The molecular formula is C23H27N3O2. The molecule has 5 nitrogen and oxygen atoms in total. The quantitative estimate of drug-likeness (QED) is 0.871. The number of carbonyl (C=O) groups is 2. The summed E-state index contributed by atoms with van der Waals surface area (Å²) in [5.74, 6) is -0.156. The number of amides is 2. The van der Waals surface area contributed by atoms with Crippen molar-refractivity contribution in [2.75, 3.05) is 31.1 Å². The molecule has 1 saturated carbocycles. The average molecular weight is 377 g/mol. The van der Waals surface area contributed by atoms with Gasteiger partial charge in [0.2, 0.25) is 11.8 Å². The third kappa shape index (κ3) is 4.19. The maximum Gasteiger partial charge on any atom is 0.226 e. The summed E-state index contributed by atoms with van der Waals surface area (Å²) in [4.78, 5) is 29.4. The van der Waals surface area contributed by atoms with Crippen molar-refractivity contribution in [1.82, 2.24) is 10.2 Å². The van der Waals surface area contributed by atoms with Crippen LogP contribution in [-0.4, -0.2) is 42.9 Å². The zero-order valence-corrected chi connectivity index (χ0v) is 16.3. The van der Waals surface area contributed by atoms with E-state index < -0.39 is 0 Å². The summed E-state index contributed by atoms with van der Waals surface area (Å²) >= 11 is 0. The first-order valence-corrected chi connectivity index (χ1v) is 10.0. The van der Waals surface area contributed by atoms with Gasteiger partial charge in [0.15, 0.2) is 0 Å². The predicted molar refractivity (Wildman–Crippen MR) is 110 cm³/mol. The molecule has 0 spiro atoms. The molecule has 2 aromatic rings. The molecule has 1 N–H and O–H groups in total. The van der Waals surface area contributed by atoms with Crippen LogP contribution >= 0.6 is 0 Å². The molecule has 146 valence electrons. The molecule has 0 radical (unpaired) electrons. The van der Waals surface area contributed by atoms with E-state index in [1.807, 2.05) is 35.2 Å². The fourth-order valence-electron chi connectivity index (χ4n) is 3.92. The molecule has 2 atom stereocenters. The lowest BCUT2D eigenvalue weighted by molar-refractivity contribution is -0.135. The van der Waals surface area contributed by atoms with Crippen LogP contribution in [0.4, 0.5) is 5.69 Å². The molecule has 1 aliphatic carbocycles. The Morgan fingerprint density at radius 3 is 2.43 bits per heavy atom. The van der Waals surface area contributed by atoms with Crippen LogP contribution < -0.4 is 10.2 Å². The summed E-state index contributed by atoms with van der Waals surface area (Å²) in [6, 6.07) is 18.3. The summed E-state index contributed by atoms with van der Waals surface area (Å²) in [6.45, 7) is 5.74. The zero-order valence-electron chi connectivity index (χ0n) is 16.3. The molecule has 2 amide bonds. The van der Waals surface area contributed by atoms with E-state index in [4.69, 9.17) is 0 Å². The molecule has 28 heavy (non-hydrogen) atoms. The molecule has 0 aromatic heterocycles. The number of carbonyl (C=O) groups excluding carboxylic acids is 2. The van der Waals surface area contributed by atoms with E-state index in [9.17, 15) is 9.59 Å². The smallest absolute Gasteiger partial charge is 0.226 e. The minimum atomic E-state index is -0.161. The van der Waals surface area contributed by atoms with E-state index in [0.717, 1.165) is 31.7 Å². The topological polar surface area (TPSA) is 52.7 Å². The van der Waals surface area contributed by atoms with E-state index in [1.165, 1.54) is 11.3 Å². The number of aryl methyl sites for hydroxylation is 1. The predicted octanol–water partition coefficient (Wildman–Crippen LogP) is 2.60. The molecule has 4 rings (SSSR count). The van der Waals surface area contributed by atoms with Gasteiger partial charge in [0.05, 0.1) is 11.8 Å². The number of hydrogen-bond donors (Lipinski definition) is 1. The summed E-state index contributed by atoms with van der Waals surface area (Å²) in [6.07, 6.45) is 0.678. The Bertz CT molecular complexity index is 844. The van der Waals surface area contributed by atoms with Crippen LogP contribution in [0, 0.1) is 18.8 Å². The molecule has 2 aliphatic rings. The largest absolute Gasteiger partial charge is 0.368 e. The molecule has 5 heteroatoms. The summed E-state index contributed by atoms with van der Waals surface area (Å²) in [7, 11) is 0. The van der Waals surface area contributed by atoms with Gasteiger partial charge < -0.3 is 15.1 Å². The molecule has 1 saturated heterocycles. The molecule has 0 bridgehead atoms. The van der Waals surface area contributed by atoms with Gasteiger partial charge in [-0.2, -0.15) is 0 Å². The van der Waals surface area contributed by atoms with Crippen LogP contribution in [0.2, 0.25) is 0 Å². The first-order valence-electron chi connectivity index (χ1n) is 10.0. The monoisotopic (exact) mass is 377 g/mol. The van der Waals surface area contributed by atoms with Gasteiger partial charge >= 0.3 is 0 Å². The number of nitrogens with zero attached hydrogens (tertiary/aromatic N) is 2. The number of anilines is 1. The lowest BCUT2D eigenvalue weighted by atomic mass is 10.1. The third-order valence-corrected chi connectivity index (χ3v) is 5.71. The van der Waals surface area contributed by atoms with Gasteiger partial charge in [-0.1, -0.05) is 42.5 Å². The van der Waals surface area contributed by atoms with E-state index in [0.29, 0.717) is 13.0 Å². The number of benzene rings is 2. The normalized spacial score (nSPS) is 21.3. The Kier molecular flexibility index (Phi) is 5.33. The van der Waals surface area contributed by atoms with Crippen molar-refractivity contribution in [3.8, 4) is 0 Å². The van der Waals surface area contributed by atoms with Crippen molar-refractivity contribution in [1.29, 1.82) is 0 Å². The number of hydrogen-bond acceptors (Lipinski definition) is 3. The number of piperazine rings is 1. The Balaban J connectivity index is 1.24. The minimum Gasteiger partial charge on any atom is -0.368 e. The zero-order chi connectivity index (χ0) is 19.5. The number of rotatable bonds is 5. The highest BCUT2D eigenvalue weighted by Gasteiger charge is 2.49. The Hall–Kier alpha value is -2.82. The van der Waals surface area contributed by atoms with Gasteiger partial charge in [-0.15, -0.1) is 0 Å². The lowest BCUT2D eigenvalue weighted by Gasteiger charge is -2.36. The fraction of sp³-hybridized carbons (Fsp3) is 0.391. The van der Waals surface area contributed by atoms with Crippen LogP contribution in [0.15, 0.2) is 54.6 Å². The maximum absolute atomic E-state index is 12.8. The van der Waals surface area contributed by atoms with E-state index in [-0.39, 0.29) is 23.7 Å². The van der Waals surface area contributed by atoms with Crippen LogP contribution in [0.25, 0.3) is 0 Å². The first-order chi connectivity index (χ1) is 13.6. The Morgan fingerprint density at radius 1 is 0.964 bits per heavy atom. The molecular weight excluding hydrogens is 350 g/mol. The van der Waals surface area contributed by atoms with Crippen LogP contribution in [-0.2, 0) is 16.1 Å². The summed E-state index contributed by atoms with van der Waals surface area (Å²) < 4.78 is 0. The highest BCUT2D eigenvalue weighted by atomic mass is 16.2. The van der Waals surface area contributed by atoms with Crippen LogP contribution in [0.3, 0.4) is 0 Å². The van der Waals surface area contributed by atoms with E-state index in [1.54, 1.807) is 0 Å². The van der Waals surface area contributed by atoms with Crippen molar-refractivity contribution < 1.29 is 9.59 Å². The van der Waals surface area contributed by atoms with Crippen molar-refractivity contribution in [2.24, 2.45) is 11.8 Å². The lowest BCUT2D eigenvalue weighted by Crippen LogP contribution is -2.49. The van der Waals surface area contributed by atoms with Crippen LogP contribution in [0.1, 0.15) is 17.5 Å². The van der Waals surface area contributed by atoms with Gasteiger partial charge in [-0.25, -0.2) is 0 Å². The second-order valence-electron chi connectivity index (χ2n) is 7.80. The van der Waals surface area contributed by atoms with Crippen molar-refractivity contribution >= 4 is 17.5 Å². The second kappa shape index (κ2) is 8.05. The average Bonchev–Trinajstić information content (AvgIpc) is 3.53. The maximum atomic E-state index is 12.8. The highest BCUT2D eigenvalue weighted by molar-refractivity contribution is 5.92. The third-order valence-electron chi connectivity index (χ3n) is 5.71. The van der Waals surface area contributed by atoms with Gasteiger partial charge in [-0.05, 0) is 36.6 Å².